The molecule has 0 spiro atoms. The van der Waals surface area contributed by atoms with Crippen molar-refractivity contribution in [3.63, 3.8) is 0 Å². The van der Waals surface area contributed by atoms with Crippen molar-refractivity contribution in [3.05, 3.63) is 0 Å². The summed E-state index contributed by atoms with van der Waals surface area (Å²) in [5.74, 6) is 0. The topological polar surface area (TPSA) is 328 Å². The number of aliphatic hydroxyl groups excluding tert-OH is 13. The van der Waals surface area contributed by atoms with Gasteiger partial charge in [-0.2, -0.15) is 0 Å². The van der Waals surface area contributed by atoms with Crippen LogP contribution in [-0.4, -0.2) is 209 Å². The van der Waals surface area contributed by atoms with Crippen molar-refractivity contribution >= 4 is 0 Å². The van der Waals surface area contributed by atoms with Crippen LogP contribution in [0.2, 0.25) is 0 Å². The highest BCUT2D eigenvalue weighted by molar-refractivity contribution is 4.96. The molecule has 0 radical (unpaired) electrons. The Hall–Kier alpha value is -0.800. The van der Waals surface area contributed by atoms with Crippen molar-refractivity contribution in [2.24, 2.45) is 0 Å². The summed E-state index contributed by atoms with van der Waals surface area (Å²) in [5, 5.41) is 132. The van der Waals surface area contributed by atoms with Gasteiger partial charge in [0, 0.05) is 0 Å². The van der Waals surface area contributed by atoms with E-state index in [9.17, 15) is 66.4 Å². The number of ether oxygens (including phenoxy) is 7. The van der Waals surface area contributed by atoms with Gasteiger partial charge in [-0.3, -0.25) is 0 Å². The zero-order valence-electron chi connectivity index (χ0n) is 23.3. The van der Waals surface area contributed by atoms with Crippen molar-refractivity contribution in [2.45, 2.75) is 130 Å². The molecule has 0 aromatic rings. The fourth-order valence-electron chi connectivity index (χ4n) is 5.36. The summed E-state index contributed by atoms with van der Waals surface area (Å²) in [6.45, 7) is -0.850. The molecule has 13 N–H and O–H groups in total. The average Bonchev–Trinajstić information content (AvgIpc) is 3.00. The van der Waals surface area contributed by atoms with Crippen molar-refractivity contribution in [1.29, 1.82) is 0 Å². The normalized spacial score (nSPS) is 53.9. The summed E-state index contributed by atoms with van der Waals surface area (Å²) in [7, 11) is 0. The van der Waals surface area contributed by atoms with Gasteiger partial charge in [-0.1, -0.05) is 0 Å². The summed E-state index contributed by atoms with van der Waals surface area (Å²) in [6, 6.07) is 0. The Morgan fingerprint density at radius 3 is 1.36 bits per heavy atom. The quantitative estimate of drug-likeness (QED) is 0.110. The van der Waals surface area contributed by atoms with Crippen molar-refractivity contribution < 1.29 is 99.5 Å². The maximum Gasteiger partial charge on any atom is 0.187 e. The van der Waals surface area contributed by atoms with Crippen LogP contribution in [0.1, 0.15) is 6.92 Å². The van der Waals surface area contributed by atoms with Crippen LogP contribution in [0.3, 0.4) is 0 Å². The lowest BCUT2D eigenvalue weighted by atomic mass is 9.96. The molecular weight excluding hydrogens is 608 g/mol. The monoisotopic (exact) mass is 650 g/mol. The number of aliphatic hydroxyl groups is 13. The minimum Gasteiger partial charge on any atom is -0.394 e. The first-order chi connectivity index (χ1) is 20.7. The van der Waals surface area contributed by atoms with Gasteiger partial charge >= 0.3 is 0 Å². The van der Waals surface area contributed by atoms with E-state index in [4.69, 9.17) is 33.2 Å². The van der Waals surface area contributed by atoms with Gasteiger partial charge in [0.1, 0.15) is 91.6 Å². The van der Waals surface area contributed by atoms with Crippen LogP contribution in [0, 0.1) is 0 Å². The summed E-state index contributed by atoms with van der Waals surface area (Å²) >= 11 is 0. The van der Waals surface area contributed by atoms with E-state index < -0.39 is 143 Å². The zero-order valence-corrected chi connectivity index (χ0v) is 23.3. The molecule has 4 rings (SSSR count). The SMILES string of the molecule is C[C@H]1OC(O)[C@H](OC2O[C@H](CO)[C@@H](O)[C@H](O)[C@H]2O)[C@@H](O[C@@H]2O[C@H](COC3O[C@H](CO)[C@@H](O)[C@H](O)[C@H]3O)[C@@H](O)[C@H](O)[C@H]2O)[C@H]1O. The van der Waals surface area contributed by atoms with E-state index >= 15 is 0 Å². The number of hydrogen-bond acceptors (Lipinski definition) is 20. The van der Waals surface area contributed by atoms with Crippen LogP contribution in [-0.2, 0) is 33.2 Å². The molecule has 4 fully saturated rings. The van der Waals surface area contributed by atoms with Crippen LogP contribution >= 0.6 is 0 Å². The number of rotatable bonds is 9. The van der Waals surface area contributed by atoms with E-state index in [0.717, 1.165) is 0 Å². The van der Waals surface area contributed by atoms with Crippen LogP contribution in [0.4, 0.5) is 0 Å². The van der Waals surface area contributed by atoms with Crippen LogP contribution in [0.25, 0.3) is 0 Å². The first-order valence-electron chi connectivity index (χ1n) is 14.0. The number of hydrogen-bond donors (Lipinski definition) is 13. The predicted molar refractivity (Wildman–Crippen MR) is 132 cm³/mol. The zero-order chi connectivity index (χ0) is 32.6. The fourth-order valence-corrected chi connectivity index (χ4v) is 5.36. The Kier molecular flexibility index (Phi) is 12.3. The van der Waals surface area contributed by atoms with Crippen LogP contribution in [0.15, 0.2) is 0 Å². The van der Waals surface area contributed by atoms with Gasteiger partial charge in [0.2, 0.25) is 0 Å². The first-order valence-corrected chi connectivity index (χ1v) is 14.0. The maximum absolute atomic E-state index is 10.9. The molecular formula is C24H42O20. The average molecular weight is 651 g/mol. The van der Waals surface area contributed by atoms with Gasteiger partial charge in [0.15, 0.2) is 25.2 Å². The second-order valence-corrected chi connectivity index (χ2v) is 11.2. The smallest absolute Gasteiger partial charge is 0.187 e. The molecule has 20 heteroatoms. The predicted octanol–water partition coefficient (Wildman–Crippen LogP) is -8.72. The molecule has 0 aromatic heterocycles. The lowest BCUT2D eigenvalue weighted by Crippen LogP contribution is -2.66. The molecule has 20 atom stereocenters. The van der Waals surface area contributed by atoms with E-state index in [1.807, 2.05) is 0 Å². The Labute approximate surface area is 249 Å². The Morgan fingerprint density at radius 1 is 0.455 bits per heavy atom. The second kappa shape index (κ2) is 15.0. The summed E-state index contributed by atoms with van der Waals surface area (Å²) in [6.07, 6.45) is -34.0. The van der Waals surface area contributed by atoms with Crippen LogP contribution in [0.5, 0.6) is 0 Å². The minimum atomic E-state index is -1.97. The van der Waals surface area contributed by atoms with Crippen molar-refractivity contribution in [1.82, 2.24) is 0 Å². The third kappa shape index (κ3) is 7.19. The minimum absolute atomic E-state index is 0.673. The summed E-state index contributed by atoms with van der Waals surface area (Å²) < 4.78 is 38.0. The largest absolute Gasteiger partial charge is 0.394 e. The molecule has 4 heterocycles. The van der Waals surface area contributed by atoms with Gasteiger partial charge in [-0.05, 0) is 6.92 Å². The van der Waals surface area contributed by atoms with E-state index in [1.54, 1.807) is 0 Å². The Morgan fingerprint density at radius 2 is 0.864 bits per heavy atom. The van der Waals surface area contributed by atoms with Crippen LogP contribution < -0.4 is 0 Å². The molecule has 0 amide bonds. The standard InChI is InChI=1S/C24H42O20/c1-5-9(27)19(20(21(37)39-5)44-23-17(35)14(32)11(29)7(3-26)41-23)43-24-18(36)15(33)12(30)8(42-24)4-38-22-16(34)13(31)10(28)6(2-25)40-22/h5-37H,2-4H2,1H3/t5-,6-,7-,8-,9+,10-,11-,12-,13+,14+,15+,16-,17-,18-,19+,20-,21?,22?,23?,24+/m1/s1. The van der Waals surface area contributed by atoms with Crippen molar-refractivity contribution in [3.8, 4) is 0 Å². The third-order valence-electron chi connectivity index (χ3n) is 8.15. The van der Waals surface area contributed by atoms with Gasteiger partial charge < -0.3 is 99.5 Å². The molecule has 0 bridgehead atoms. The molecule has 44 heavy (non-hydrogen) atoms. The van der Waals surface area contributed by atoms with E-state index in [0.29, 0.717) is 0 Å². The van der Waals surface area contributed by atoms with E-state index in [1.165, 1.54) is 6.92 Å². The molecule has 4 saturated heterocycles. The molecule has 0 saturated carbocycles. The molecule has 3 unspecified atom stereocenters. The molecule has 0 aliphatic carbocycles. The highest BCUT2D eigenvalue weighted by Crippen LogP contribution is 2.33. The molecule has 4 aliphatic rings. The van der Waals surface area contributed by atoms with Gasteiger partial charge in [-0.15, -0.1) is 0 Å². The highest BCUT2D eigenvalue weighted by Gasteiger charge is 2.54. The summed E-state index contributed by atoms with van der Waals surface area (Å²) in [5.41, 5.74) is 0. The van der Waals surface area contributed by atoms with E-state index in [-0.39, 0.29) is 0 Å². The molecule has 20 nitrogen and oxygen atoms in total. The van der Waals surface area contributed by atoms with Gasteiger partial charge in [0.25, 0.3) is 0 Å². The highest BCUT2D eigenvalue weighted by atomic mass is 16.8. The van der Waals surface area contributed by atoms with Gasteiger partial charge in [0.05, 0.1) is 25.9 Å². The third-order valence-corrected chi connectivity index (χ3v) is 8.15. The lowest BCUT2D eigenvalue weighted by molar-refractivity contribution is -0.387. The summed E-state index contributed by atoms with van der Waals surface area (Å²) in [4.78, 5) is 0. The Bertz CT molecular complexity index is 898. The maximum atomic E-state index is 10.9. The first kappa shape index (κ1) is 36.0. The van der Waals surface area contributed by atoms with Gasteiger partial charge in [-0.25, -0.2) is 0 Å². The molecule has 4 aliphatic heterocycles. The second-order valence-electron chi connectivity index (χ2n) is 11.2. The molecule has 258 valence electrons. The Balaban J connectivity index is 1.48. The fraction of sp³-hybridized carbons (Fsp3) is 1.00. The molecule has 0 aromatic carbocycles. The lowest BCUT2D eigenvalue weighted by Gasteiger charge is -2.48. The van der Waals surface area contributed by atoms with E-state index in [2.05, 4.69) is 0 Å². The van der Waals surface area contributed by atoms with Crippen molar-refractivity contribution in [2.75, 3.05) is 19.8 Å².